The molecule has 0 aliphatic carbocycles. The predicted molar refractivity (Wildman–Crippen MR) is 105 cm³/mol. The van der Waals surface area contributed by atoms with Gasteiger partial charge in [0.25, 0.3) is 11.8 Å². The van der Waals surface area contributed by atoms with Crippen molar-refractivity contribution in [3.63, 3.8) is 0 Å². The quantitative estimate of drug-likeness (QED) is 0.809. The molecule has 3 amide bonds. The maximum atomic E-state index is 12.8. The molecule has 3 rings (SSSR count). The summed E-state index contributed by atoms with van der Waals surface area (Å²) in [6, 6.07) is 12.9. The van der Waals surface area contributed by atoms with E-state index in [0.717, 1.165) is 5.56 Å². The minimum atomic E-state index is -0.236. The van der Waals surface area contributed by atoms with Crippen molar-refractivity contribution in [3.8, 4) is 0 Å². The summed E-state index contributed by atoms with van der Waals surface area (Å²) in [5.74, 6) is -0.365. The summed E-state index contributed by atoms with van der Waals surface area (Å²) in [5.41, 5.74) is 1.70. The van der Waals surface area contributed by atoms with Crippen LogP contribution in [-0.2, 0) is 11.3 Å². The standard InChI is InChI=1S/C21H24N4O3/c1-16(26)24-10-12-25(13-11-24)20(27)18-8-9-22-19(14-18)21(28)23(2)15-17-6-4-3-5-7-17/h3-9,14H,10-13,15H2,1-2H3. The minimum Gasteiger partial charge on any atom is -0.339 e. The van der Waals surface area contributed by atoms with Gasteiger partial charge in [-0.3, -0.25) is 19.4 Å². The zero-order valence-electron chi connectivity index (χ0n) is 16.2. The van der Waals surface area contributed by atoms with Gasteiger partial charge in [-0.25, -0.2) is 0 Å². The van der Waals surface area contributed by atoms with Gasteiger partial charge in [-0.05, 0) is 17.7 Å². The van der Waals surface area contributed by atoms with Crippen LogP contribution in [0.15, 0.2) is 48.7 Å². The molecule has 1 aliphatic heterocycles. The van der Waals surface area contributed by atoms with E-state index in [-0.39, 0.29) is 23.4 Å². The third-order valence-corrected chi connectivity index (χ3v) is 4.85. The summed E-state index contributed by atoms with van der Waals surface area (Å²) in [6.07, 6.45) is 1.49. The Labute approximate surface area is 164 Å². The van der Waals surface area contributed by atoms with Gasteiger partial charge in [0.15, 0.2) is 0 Å². The highest BCUT2D eigenvalue weighted by atomic mass is 16.2. The Hall–Kier alpha value is -3.22. The third-order valence-electron chi connectivity index (χ3n) is 4.85. The second-order valence-electron chi connectivity index (χ2n) is 6.87. The Morgan fingerprint density at radius 3 is 2.29 bits per heavy atom. The monoisotopic (exact) mass is 380 g/mol. The molecule has 0 saturated carbocycles. The van der Waals surface area contributed by atoms with Crippen LogP contribution < -0.4 is 0 Å². The molecular weight excluding hydrogens is 356 g/mol. The highest BCUT2D eigenvalue weighted by Gasteiger charge is 2.24. The molecule has 0 bridgehead atoms. The lowest BCUT2D eigenvalue weighted by atomic mass is 10.1. The van der Waals surface area contributed by atoms with Gasteiger partial charge in [0.2, 0.25) is 5.91 Å². The largest absolute Gasteiger partial charge is 0.339 e. The molecule has 0 radical (unpaired) electrons. The Kier molecular flexibility index (Phi) is 6.03. The van der Waals surface area contributed by atoms with Gasteiger partial charge >= 0.3 is 0 Å². The van der Waals surface area contributed by atoms with Gasteiger partial charge in [-0.15, -0.1) is 0 Å². The van der Waals surface area contributed by atoms with Crippen LogP contribution in [0.4, 0.5) is 0 Å². The Morgan fingerprint density at radius 2 is 1.64 bits per heavy atom. The average Bonchev–Trinajstić information content (AvgIpc) is 2.73. The summed E-state index contributed by atoms with van der Waals surface area (Å²) in [5, 5.41) is 0. The predicted octanol–water partition coefficient (Wildman–Crippen LogP) is 1.66. The van der Waals surface area contributed by atoms with E-state index in [1.165, 1.54) is 13.1 Å². The number of rotatable bonds is 4. The SMILES string of the molecule is CC(=O)N1CCN(C(=O)c2ccnc(C(=O)N(C)Cc3ccccc3)c2)CC1. The molecule has 1 saturated heterocycles. The number of aromatic nitrogens is 1. The number of carbonyl (C=O) groups excluding carboxylic acids is 3. The molecule has 146 valence electrons. The molecule has 1 aliphatic rings. The molecular formula is C21H24N4O3. The smallest absolute Gasteiger partial charge is 0.272 e. The minimum absolute atomic E-state index is 0.0188. The second-order valence-corrected chi connectivity index (χ2v) is 6.87. The first-order chi connectivity index (χ1) is 13.5. The first kappa shape index (κ1) is 19.5. The number of piperazine rings is 1. The van der Waals surface area contributed by atoms with Crippen LogP contribution >= 0.6 is 0 Å². The highest BCUT2D eigenvalue weighted by molar-refractivity contribution is 5.98. The topological polar surface area (TPSA) is 73.8 Å². The number of pyridine rings is 1. The summed E-state index contributed by atoms with van der Waals surface area (Å²) < 4.78 is 0. The maximum absolute atomic E-state index is 12.8. The molecule has 7 heteroatoms. The molecule has 7 nitrogen and oxygen atoms in total. The number of hydrogen-bond donors (Lipinski definition) is 0. The van der Waals surface area contributed by atoms with Crippen LogP contribution in [0, 0.1) is 0 Å². The summed E-state index contributed by atoms with van der Waals surface area (Å²) in [7, 11) is 1.71. The molecule has 0 atom stereocenters. The van der Waals surface area contributed by atoms with Gasteiger partial charge in [0, 0.05) is 58.5 Å². The first-order valence-corrected chi connectivity index (χ1v) is 9.26. The van der Waals surface area contributed by atoms with E-state index in [1.54, 1.807) is 33.9 Å². The van der Waals surface area contributed by atoms with Crippen LogP contribution in [0.3, 0.4) is 0 Å². The zero-order valence-corrected chi connectivity index (χ0v) is 16.2. The fourth-order valence-electron chi connectivity index (χ4n) is 3.21. The van der Waals surface area contributed by atoms with E-state index in [1.807, 2.05) is 30.3 Å². The Morgan fingerprint density at radius 1 is 1.00 bits per heavy atom. The summed E-state index contributed by atoms with van der Waals surface area (Å²) >= 11 is 0. The molecule has 2 heterocycles. The highest BCUT2D eigenvalue weighted by Crippen LogP contribution is 2.12. The van der Waals surface area contributed by atoms with Crippen LogP contribution in [0.5, 0.6) is 0 Å². The number of amides is 3. The molecule has 2 aromatic rings. The van der Waals surface area contributed by atoms with Crippen molar-refractivity contribution in [2.45, 2.75) is 13.5 Å². The van der Waals surface area contributed by atoms with Crippen LogP contribution in [-0.4, -0.2) is 70.6 Å². The van der Waals surface area contributed by atoms with Crippen molar-refractivity contribution in [1.82, 2.24) is 19.7 Å². The Balaban J connectivity index is 1.67. The molecule has 1 fully saturated rings. The number of hydrogen-bond acceptors (Lipinski definition) is 4. The van der Waals surface area contributed by atoms with Crippen LogP contribution in [0.25, 0.3) is 0 Å². The fourth-order valence-corrected chi connectivity index (χ4v) is 3.21. The van der Waals surface area contributed by atoms with E-state index in [2.05, 4.69) is 4.98 Å². The average molecular weight is 380 g/mol. The number of carbonyl (C=O) groups is 3. The number of benzene rings is 1. The zero-order chi connectivity index (χ0) is 20.1. The Bertz CT molecular complexity index is 861. The number of nitrogens with zero attached hydrogens (tertiary/aromatic N) is 4. The normalized spacial score (nSPS) is 13.9. The van der Waals surface area contributed by atoms with Crippen LogP contribution in [0.2, 0.25) is 0 Å². The molecule has 0 spiro atoms. The maximum Gasteiger partial charge on any atom is 0.272 e. The van der Waals surface area contributed by atoms with E-state index < -0.39 is 0 Å². The van der Waals surface area contributed by atoms with Crippen molar-refractivity contribution in [2.75, 3.05) is 33.2 Å². The van der Waals surface area contributed by atoms with Gasteiger partial charge in [-0.2, -0.15) is 0 Å². The van der Waals surface area contributed by atoms with Gasteiger partial charge in [-0.1, -0.05) is 30.3 Å². The van der Waals surface area contributed by atoms with E-state index >= 15 is 0 Å². The molecule has 1 aromatic heterocycles. The van der Waals surface area contributed by atoms with E-state index in [9.17, 15) is 14.4 Å². The molecule has 1 aromatic carbocycles. The molecule has 28 heavy (non-hydrogen) atoms. The lowest BCUT2D eigenvalue weighted by molar-refractivity contribution is -0.130. The molecule has 0 unspecified atom stereocenters. The van der Waals surface area contributed by atoms with Crippen molar-refractivity contribution >= 4 is 17.7 Å². The first-order valence-electron chi connectivity index (χ1n) is 9.26. The van der Waals surface area contributed by atoms with Gasteiger partial charge in [0.05, 0.1) is 0 Å². The lowest BCUT2D eigenvalue weighted by Gasteiger charge is -2.34. The van der Waals surface area contributed by atoms with E-state index in [0.29, 0.717) is 38.3 Å². The second kappa shape index (κ2) is 8.65. The third kappa shape index (κ3) is 4.54. The van der Waals surface area contributed by atoms with Crippen molar-refractivity contribution in [1.29, 1.82) is 0 Å². The van der Waals surface area contributed by atoms with Crippen molar-refractivity contribution < 1.29 is 14.4 Å². The van der Waals surface area contributed by atoms with Crippen molar-refractivity contribution in [2.24, 2.45) is 0 Å². The van der Waals surface area contributed by atoms with E-state index in [4.69, 9.17) is 0 Å². The summed E-state index contributed by atoms with van der Waals surface area (Å²) in [4.78, 5) is 46.1. The van der Waals surface area contributed by atoms with Crippen molar-refractivity contribution in [3.05, 3.63) is 65.5 Å². The summed E-state index contributed by atoms with van der Waals surface area (Å²) in [6.45, 7) is 4.02. The lowest BCUT2D eigenvalue weighted by Crippen LogP contribution is -2.50. The van der Waals surface area contributed by atoms with Gasteiger partial charge in [0.1, 0.15) is 5.69 Å². The van der Waals surface area contributed by atoms with Gasteiger partial charge < -0.3 is 14.7 Å². The van der Waals surface area contributed by atoms with Crippen LogP contribution in [0.1, 0.15) is 33.3 Å². The molecule has 0 N–H and O–H groups in total. The fraction of sp³-hybridized carbons (Fsp3) is 0.333.